The SMILES string of the molecule is CCCCC/C(=C\CC(=O)OCC)Cc1ccccc1. The topological polar surface area (TPSA) is 26.3 Å². The molecule has 0 heterocycles. The van der Waals surface area contributed by atoms with Crippen molar-refractivity contribution in [3.63, 3.8) is 0 Å². The first-order valence-electron chi connectivity index (χ1n) is 7.63. The van der Waals surface area contributed by atoms with Gasteiger partial charge in [0, 0.05) is 0 Å². The van der Waals surface area contributed by atoms with Crippen LogP contribution in [0.15, 0.2) is 42.0 Å². The van der Waals surface area contributed by atoms with Gasteiger partial charge in [-0.15, -0.1) is 0 Å². The maximum absolute atomic E-state index is 11.5. The zero-order valence-electron chi connectivity index (χ0n) is 12.7. The number of unbranched alkanes of at least 4 members (excludes halogenated alkanes) is 2. The number of carbonyl (C=O) groups excluding carboxylic acids is 1. The number of hydrogen-bond acceptors (Lipinski definition) is 2. The fraction of sp³-hybridized carbons (Fsp3) is 0.500. The van der Waals surface area contributed by atoms with Gasteiger partial charge in [0.1, 0.15) is 0 Å². The van der Waals surface area contributed by atoms with Crippen molar-refractivity contribution in [1.29, 1.82) is 0 Å². The number of benzene rings is 1. The van der Waals surface area contributed by atoms with Gasteiger partial charge < -0.3 is 4.74 Å². The van der Waals surface area contributed by atoms with Crippen LogP contribution in [0.1, 0.15) is 51.5 Å². The average molecular weight is 274 g/mol. The summed E-state index contributed by atoms with van der Waals surface area (Å²) in [6, 6.07) is 10.4. The minimum atomic E-state index is -0.131. The maximum Gasteiger partial charge on any atom is 0.309 e. The fourth-order valence-electron chi connectivity index (χ4n) is 2.17. The van der Waals surface area contributed by atoms with Crippen molar-refractivity contribution in [3.8, 4) is 0 Å². The molecule has 0 radical (unpaired) electrons. The van der Waals surface area contributed by atoms with E-state index in [1.165, 1.54) is 30.4 Å². The van der Waals surface area contributed by atoms with Crippen LogP contribution in [0, 0.1) is 0 Å². The Morgan fingerprint density at radius 2 is 1.90 bits per heavy atom. The first kappa shape index (κ1) is 16.5. The van der Waals surface area contributed by atoms with Crippen LogP contribution in [-0.4, -0.2) is 12.6 Å². The third-order valence-corrected chi connectivity index (χ3v) is 3.24. The zero-order chi connectivity index (χ0) is 14.6. The van der Waals surface area contributed by atoms with E-state index in [1.54, 1.807) is 0 Å². The lowest BCUT2D eigenvalue weighted by Gasteiger charge is -2.08. The van der Waals surface area contributed by atoms with Crippen LogP contribution in [0.3, 0.4) is 0 Å². The highest BCUT2D eigenvalue weighted by Gasteiger charge is 2.03. The molecular weight excluding hydrogens is 248 g/mol. The van der Waals surface area contributed by atoms with Gasteiger partial charge in [-0.1, -0.05) is 61.7 Å². The minimum Gasteiger partial charge on any atom is -0.466 e. The molecule has 0 fully saturated rings. The molecule has 0 saturated carbocycles. The molecule has 1 rings (SSSR count). The largest absolute Gasteiger partial charge is 0.466 e. The predicted octanol–water partition coefficient (Wildman–Crippen LogP) is 4.69. The Kier molecular flexibility index (Phi) is 8.44. The fourth-order valence-corrected chi connectivity index (χ4v) is 2.17. The highest BCUT2D eigenvalue weighted by molar-refractivity contribution is 5.71. The van der Waals surface area contributed by atoms with Crippen LogP contribution in [0.2, 0.25) is 0 Å². The standard InChI is InChI=1S/C18H26O2/c1-3-5-7-10-17(13-14-18(19)20-4-2)15-16-11-8-6-9-12-16/h6,8-9,11-13H,3-5,7,10,14-15H2,1-2H3/b17-13+. The lowest BCUT2D eigenvalue weighted by atomic mass is 9.99. The Balaban J connectivity index is 2.59. The lowest BCUT2D eigenvalue weighted by Crippen LogP contribution is -2.03. The number of hydrogen-bond donors (Lipinski definition) is 0. The highest BCUT2D eigenvalue weighted by atomic mass is 16.5. The molecule has 0 aliphatic rings. The van der Waals surface area contributed by atoms with Gasteiger partial charge in [0.05, 0.1) is 13.0 Å². The van der Waals surface area contributed by atoms with Gasteiger partial charge >= 0.3 is 5.97 Å². The van der Waals surface area contributed by atoms with E-state index in [-0.39, 0.29) is 5.97 Å². The molecule has 2 heteroatoms. The molecule has 0 aliphatic heterocycles. The number of ether oxygens (including phenoxy) is 1. The summed E-state index contributed by atoms with van der Waals surface area (Å²) in [6.45, 7) is 4.50. The number of esters is 1. The normalized spacial score (nSPS) is 11.4. The zero-order valence-corrected chi connectivity index (χ0v) is 12.7. The molecule has 0 atom stereocenters. The van der Waals surface area contributed by atoms with Crippen molar-refractivity contribution in [3.05, 3.63) is 47.5 Å². The molecule has 0 unspecified atom stereocenters. The van der Waals surface area contributed by atoms with Crippen LogP contribution < -0.4 is 0 Å². The highest BCUT2D eigenvalue weighted by Crippen LogP contribution is 2.16. The Morgan fingerprint density at radius 3 is 2.55 bits per heavy atom. The van der Waals surface area contributed by atoms with Crippen LogP contribution in [0.5, 0.6) is 0 Å². The first-order valence-corrected chi connectivity index (χ1v) is 7.63. The van der Waals surface area contributed by atoms with Gasteiger partial charge in [0.2, 0.25) is 0 Å². The number of carbonyl (C=O) groups is 1. The number of rotatable bonds is 9. The molecule has 110 valence electrons. The Labute approximate surface area is 122 Å². The van der Waals surface area contributed by atoms with E-state index < -0.39 is 0 Å². The summed E-state index contributed by atoms with van der Waals surface area (Å²) in [4.78, 5) is 11.5. The summed E-state index contributed by atoms with van der Waals surface area (Å²) in [7, 11) is 0. The van der Waals surface area contributed by atoms with E-state index in [1.807, 2.05) is 13.0 Å². The van der Waals surface area contributed by atoms with Gasteiger partial charge in [-0.05, 0) is 31.7 Å². The maximum atomic E-state index is 11.5. The monoisotopic (exact) mass is 274 g/mol. The van der Waals surface area contributed by atoms with E-state index in [2.05, 4.69) is 37.3 Å². The van der Waals surface area contributed by atoms with Crippen LogP contribution in [0.25, 0.3) is 0 Å². The van der Waals surface area contributed by atoms with E-state index in [0.717, 1.165) is 12.8 Å². The summed E-state index contributed by atoms with van der Waals surface area (Å²) in [5.41, 5.74) is 2.65. The molecule has 2 nitrogen and oxygen atoms in total. The second-order valence-electron chi connectivity index (χ2n) is 4.99. The van der Waals surface area contributed by atoms with E-state index in [9.17, 15) is 4.79 Å². The molecule has 20 heavy (non-hydrogen) atoms. The molecule has 0 aromatic heterocycles. The third kappa shape index (κ3) is 7.13. The molecular formula is C18H26O2. The van der Waals surface area contributed by atoms with Crippen molar-refractivity contribution in [1.82, 2.24) is 0 Å². The van der Waals surface area contributed by atoms with Gasteiger partial charge in [0.25, 0.3) is 0 Å². The molecule has 0 N–H and O–H groups in total. The molecule has 1 aromatic rings. The first-order chi connectivity index (χ1) is 9.76. The van der Waals surface area contributed by atoms with Crippen LogP contribution in [-0.2, 0) is 16.0 Å². The van der Waals surface area contributed by atoms with Gasteiger partial charge in [0.15, 0.2) is 0 Å². The van der Waals surface area contributed by atoms with Gasteiger partial charge in [-0.25, -0.2) is 0 Å². The Morgan fingerprint density at radius 1 is 1.15 bits per heavy atom. The van der Waals surface area contributed by atoms with E-state index >= 15 is 0 Å². The van der Waals surface area contributed by atoms with E-state index in [4.69, 9.17) is 4.74 Å². The van der Waals surface area contributed by atoms with Gasteiger partial charge in [-0.3, -0.25) is 4.79 Å². The summed E-state index contributed by atoms with van der Waals surface area (Å²) >= 11 is 0. The quantitative estimate of drug-likeness (QED) is 0.371. The van der Waals surface area contributed by atoms with E-state index in [0.29, 0.717) is 13.0 Å². The molecule has 0 saturated heterocycles. The summed E-state index contributed by atoms with van der Waals surface area (Å²) in [5.74, 6) is -0.131. The third-order valence-electron chi connectivity index (χ3n) is 3.24. The molecule has 0 amide bonds. The molecule has 0 bridgehead atoms. The lowest BCUT2D eigenvalue weighted by molar-refractivity contribution is -0.142. The Hall–Kier alpha value is -1.57. The van der Waals surface area contributed by atoms with Crippen molar-refractivity contribution in [2.45, 2.75) is 52.4 Å². The van der Waals surface area contributed by atoms with Crippen molar-refractivity contribution >= 4 is 5.97 Å². The number of allylic oxidation sites excluding steroid dienone is 1. The van der Waals surface area contributed by atoms with Crippen molar-refractivity contribution in [2.24, 2.45) is 0 Å². The second kappa shape index (κ2) is 10.2. The molecule has 0 aliphatic carbocycles. The summed E-state index contributed by atoms with van der Waals surface area (Å²) in [6.07, 6.45) is 8.11. The molecule has 0 spiro atoms. The minimum absolute atomic E-state index is 0.131. The second-order valence-corrected chi connectivity index (χ2v) is 4.99. The molecule has 1 aromatic carbocycles. The average Bonchev–Trinajstić information content (AvgIpc) is 2.46. The predicted molar refractivity (Wildman–Crippen MR) is 83.6 cm³/mol. The van der Waals surface area contributed by atoms with Crippen LogP contribution >= 0.6 is 0 Å². The Bertz CT molecular complexity index is 407. The van der Waals surface area contributed by atoms with Gasteiger partial charge in [-0.2, -0.15) is 0 Å². The summed E-state index contributed by atoms with van der Waals surface area (Å²) in [5, 5.41) is 0. The van der Waals surface area contributed by atoms with Crippen molar-refractivity contribution in [2.75, 3.05) is 6.61 Å². The smallest absolute Gasteiger partial charge is 0.309 e. The summed E-state index contributed by atoms with van der Waals surface area (Å²) < 4.78 is 4.98. The van der Waals surface area contributed by atoms with Crippen LogP contribution in [0.4, 0.5) is 0 Å². The van der Waals surface area contributed by atoms with Crippen molar-refractivity contribution < 1.29 is 9.53 Å².